The molecule has 0 radical (unpaired) electrons. The van der Waals surface area contributed by atoms with Gasteiger partial charge < -0.3 is 10.6 Å². The van der Waals surface area contributed by atoms with E-state index in [1.165, 1.54) is 0 Å². The molecule has 92 valence electrons. The number of carbonyl (C=O) groups is 1. The van der Waals surface area contributed by atoms with Gasteiger partial charge >= 0.3 is 0 Å². The van der Waals surface area contributed by atoms with Gasteiger partial charge in [0.05, 0.1) is 5.92 Å². The molecule has 2 atom stereocenters. The first kappa shape index (κ1) is 12.3. The van der Waals surface area contributed by atoms with Gasteiger partial charge in [0.15, 0.2) is 0 Å². The van der Waals surface area contributed by atoms with E-state index in [-0.39, 0.29) is 11.8 Å². The number of para-hydroxylation sites is 1. The fourth-order valence-corrected chi connectivity index (χ4v) is 2.22. The van der Waals surface area contributed by atoms with Gasteiger partial charge in [-0.1, -0.05) is 25.1 Å². The molecule has 2 unspecified atom stereocenters. The maximum atomic E-state index is 12.1. The number of fused-ring (bicyclic) bond motifs is 1. The van der Waals surface area contributed by atoms with Gasteiger partial charge in [-0.15, -0.1) is 0 Å². The number of benzene rings is 1. The Morgan fingerprint density at radius 2 is 2.35 bits per heavy atom. The van der Waals surface area contributed by atoms with Crippen molar-refractivity contribution in [2.75, 3.05) is 24.7 Å². The van der Waals surface area contributed by atoms with E-state index in [0.29, 0.717) is 11.8 Å². The maximum absolute atomic E-state index is 12.1. The topological polar surface area (TPSA) is 41.1 Å². The molecule has 0 bridgehead atoms. The molecule has 0 spiro atoms. The third-order valence-corrected chi connectivity index (χ3v) is 4.09. The van der Waals surface area contributed by atoms with Crippen LogP contribution in [0.25, 0.3) is 0 Å². The second-order valence-corrected chi connectivity index (χ2v) is 5.59. The first-order valence-corrected chi connectivity index (χ1v) is 7.14. The minimum atomic E-state index is -0.0414. The van der Waals surface area contributed by atoms with Crippen molar-refractivity contribution in [1.29, 1.82) is 0 Å². The summed E-state index contributed by atoms with van der Waals surface area (Å²) in [6.07, 6.45) is 2.06. The summed E-state index contributed by atoms with van der Waals surface area (Å²) < 4.78 is 0. The summed E-state index contributed by atoms with van der Waals surface area (Å²) in [6.45, 7) is 3.56. The summed E-state index contributed by atoms with van der Waals surface area (Å²) >= 11 is 1.76. The van der Waals surface area contributed by atoms with Crippen LogP contribution in [-0.4, -0.2) is 30.5 Å². The average molecular weight is 250 g/mol. The van der Waals surface area contributed by atoms with Gasteiger partial charge in [-0.2, -0.15) is 11.8 Å². The highest BCUT2D eigenvalue weighted by atomic mass is 32.2. The molecule has 0 saturated heterocycles. The Bertz CT molecular complexity index is 408. The van der Waals surface area contributed by atoms with Crippen LogP contribution in [-0.2, 0) is 4.79 Å². The first-order chi connectivity index (χ1) is 8.22. The number of thioether (sulfide) groups is 1. The number of nitrogens with one attached hydrogen (secondary N) is 2. The SMILES string of the molecule is CSC(C)CNC(=O)C1CNc2ccccc21. The van der Waals surface area contributed by atoms with Gasteiger partial charge in [0, 0.05) is 24.0 Å². The van der Waals surface area contributed by atoms with Crippen LogP contribution in [0.4, 0.5) is 5.69 Å². The van der Waals surface area contributed by atoms with E-state index in [0.717, 1.165) is 17.8 Å². The smallest absolute Gasteiger partial charge is 0.229 e. The fourth-order valence-electron chi connectivity index (χ4n) is 1.97. The number of carbonyl (C=O) groups excluding carboxylic acids is 1. The summed E-state index contributed by atoms with van der Waals surface area (Å²) in [7, 11) is 0. The van der Waals surface area contributed by atoms with Gasteiger partial charge in [-0.3, -0.25) is 4.79 Å². The molecule has 3 nitrogen and oxygen atoms in total. The average Bonchev–Trinajstić information content (AvgIpc) is 2.79. The van der Waals surface area contributed by atoms with Gasteiger partial charge in [-0.25, -0.2) is 0 Å². The number of hydrogen-bond acceptors (Lipinski definition) is 3. The lowest BCUT2D eigenvalue weighted by Crippen LogP contribution is -2.34. The quantitative estimate of drug-likeness (QED) is 0.859. The Morgan fingerprint density at radius 1 is 1.59 bits per heavy atom. The summed E-state index contributed by atoms with van der Waals surface area (Å²) in [5.74, 6) is 0.0867. The molecular weight excluding hydrogens is 232 g/mol. The summed E-state index contributed by atoms with van der Waals surface area (Å²) in [6, 6.07) is 8.02. The van der Waals surface area contributed by atoms with Crippen molar-refractivity contribution in [2.45, 2.75) is 18.1 Å². The highest BCUT2D eigenvalue weighted by molar-refractivity contribution is 7.99. The zero-order chi connectivity index (χ0) is 12.3. The van der Waals surface area contributed by atoms with Crippen molar-refractivity contribution in [2.24, 2.45) is 0 Å². The third-order valence-electron chi connectivity index (χ3n) is 3.12. The largest absolute Gasteiger partial charge is 0.384 e. The van der Waals surface area contributed by atoms with E-state index in [9.17, 15) is 4.79 Å². The molecule has 1 aliphatic heterocycles. The predicted molar refractivity (Wildman–Crippen MR) is 73.7 cm³/mol. The lowest BCUT2D eigenvalue weighted by Gasteiger charge is -2.13. The molecule has 0 fully saturated rings. The van der Waals surface area contributed by atoms with Gasteiger partial charge in [0.25, 0.3) is 0 Å². The fraction of sp³-hybridized carbons (Fsp3) is 0.462. The molecule has 4 heteroatoms. The normalized spacial score (nSPS) is 19.3. The first-order valence-electron chi connectivity index (χ1n) is 5.85. The van der Waals surface area contributed by atoms with Crippen LogP contribution >= 0.6 is 11.8 Å². The molecule has 0 saturated carbocycles. The standard InChI is InChI=1S/C13H18N2OS/c1-9(17-2)7-15-13(16)11-8-14-12-6-4-3-5-10(11)12/h3-6,9,11,14H,7-8H2,1-2H3,(H,15,16). The van der Waals surface area contributed by atoms with Crippen LogP contribution in [0.2, 0.25) is 0 Å². The molecule has 1 amide bonds. The Hall–Kier alpha value is -1.16. The van der Waals surface area contributed by atoms with Crippen LogP contribution in [0.5, 0.6) is 0 Å². The number of rotatable bonds is 4. The zero-order valence-corrected chi connectivity index (χ0v) is 11.0. The number of hydrogen-bond donors (Lipinski definition) is 2. The maximum Gasteiger partial charge on any atom is 0.229 e. The highest BCUT2D eigenvalue weighted by Gasteiger charge is 2.27. The molecule has 2 N–H and O–H groups in total. The monoisotopic (exact) mass is 250 g/mol. The Labute approximate surface area is 106 Å². The van der Waals surface area contributed by atoms with Crippen LogP contribution in [0.15, 0.2) is 24.3 Å². The van der Waals surface area contributed by atoms with Crippen molar-refractivity contribution in [3.05, 3.63) is 29.8 Å². The summed E-state index contributed by atoms with van der Waals surface area (Å²) in [5.41, 5.74) is 2.20. The molecule has 0 aliphatic carbocycles. The summed E-state index contributed by atoms with van der Waals surface area (Å²) in [4.78, 5) is 12.1. The molecule has 2 rings (SSSR count). The third kappa shape index (κ3) is 2.75. The molecule has 1 aliphatic rings. The summed E-state index contributed by atoms with van der Waals surface area (Å²) in [5, 5.41) is 6.74. The Balaban J connectivity index is 1.98. The second kappa shape index (κ2) is 5.45. The Morgan fingerprint density at radius 3 is 3.12 bits per heavy atom. The van der Waals surface area contributed by atoms with Crippen LogP contribution in [0, 0.1) is 0 Å². The highest BCUT2D eigenvalue weighted by Crippen LogP contribution is 2.30. The minimum Gasteiger partial charge on any atom is -0.384 e. The number of anilines is 1. The van der Waals surface area contributed by atoms with Crippen LogP contribution in [0.1, 0.15) is 18.4 Å². The van der Waals surface area contributed by atoms with E-state index in [1.54, 1.807) is 11.8 Å². The number of amides is 1. The van der Waals surface area contributed by atoms with Crippen LogP contribution < -0.4 is 10.6 Å². The molecule has 0 aromatic heterocycles. The van der Waals surface area contributed by atoms with Gasteiger partial charge in [-0.05, 0) is 17.9 Å². The zero-order valence-electron chi connectivity index (χ0n) is 10.2. The molecular formula is C13H18N2OS. The van der Waals surface area contributed by atoms with Gasteiger partial charge in [0.1, 0.15) is 0 Å². The molecule has 17 heavy (non-hydrogen) atoms. The van der Waals surface area contributed by atoms with E-state index in [1.807, 2.05) is 24.3 Å². The van der Waals surface area contributed by atoms with Crippen LogP contribution in [0.3, 0.4) is 0 Å². The van der Waals surface area contributed by atoms with Gasteiger partial charge in [0.2, 0.25) is 5.91 Å². The van der Waals surface area contributed by atoms with E-state index >= 15 is 0 Å². The van der Waals surface area contributed by atoms with E-state index in [4.69, 9.17) is 0 Å². The second-order valence-electron chi connectivity index (χ2n) is 4.31. The molecule has 1 aromatic carbocycles. The van der Waals surface area contributed by atoms with Crippen molar-refractivity contribution in [3.63, 3.8) is 0 Å². The lowest BCUT2D eigenvalue weighted by atomic mass is 10.0. The van der Waals surface area contributed by atoms with Crippen molar-refractivity contribution < 1.29 is 4.79 Å². The molecule has 1 heterocycles. The van der Waals surface area contributed by atoms with Crippen molar-refractivity contribution >= 4 is 23.4 Å². The predicted octanol–water partition coefficient (Wildman–Crippen LogP) is 2.06. The minimum absolute atomic E-state index is 0.0414. The molecule has 1 aromatic rings. The van der Waals surface area contributed by atoms with E-state index < -0.39 is 0 Å². The lowest BCUT2D eigenvalue weighted by molar-refractivity contribution is -0.122. The van der Waals surface area contributed by atoms with E-state index in [2.05, 4.69) is 23.8 Å². The van der Waals surface area contributed by atoms with Crippen molar-refractivity contribution in [1.82, 2.24) is 5.32 Å². The van der Waals surface area contributed by atoms with Crippen molar-refractivity contribution in [3.8, 4) is 0 Å². The Kier molecular flexibility index (Phi) is 3.94.